The fourth-order valence-corrected chi connectivity index (χ4v) is 5.61. The molecule has 0 bridgehead atoms. The SMILES string of the molecule is O=C(NCc1cc2nc(-c3cccc(C4CC4)n3)cnc2cn1)c1ccc2c(c1)S(=O)(=O)CCOC2. The average Bonchev–Trinajstić information content (AvgIpc) is 3.76. The number of benzene rings is 1. The lowest BCUT2D eigenvalue weighted by atomic mass is 10.1. The van der Waals surface area contributed by atoms with Crippen molar-refractivity contribution in [3.05, 3.63) is 77.4 Å². The standard InChI is InChI=1S/C26H23N5O4S/c32-26(17-6-7-18-15-35-8-9-36(33,34)25(18)10-17)29-12-19-11-22-23(13-27-19)28-14-24(31-22)21-3-1-2-20(30-21)16-4-5-16/h1-3,6-7,10-11,13-14,16H,4-5,8-9,12,15H2,(H,29,32). The first kappa shape index (κ1) is 22.7. The fraction of sp³-hybridized carbons (Fsp3) is 0.269. The molecule has 36 heavy (non-hydrogen) atoms. The summed E-state index contributed by atoms with van der Waals surface area (Å²) in [6.07, 6.45) is 5.67. The molecule has 2 aliphatic rings. The van der Waals surface area contributed by atoms with Crippen LogP contribution in [0.25, 0.3) is 22.4 Å². The van der Waals surface area contributed by atoms with E-state index in [0.29, 0.717) is 33.9 Å². The lowest BCUT2D eigenvalue weighted by molar-refractivity contribution is 0.0950. The van der Waals surface area contributed by atoms with Gasteiger partial charge < -0.3 is 10.1 Å². The van der Waals surface area contributed by atoms with Crippen molar-refractivity contribution in [1.29, 1.82) is 0 Å². The second-order valence-electron chi connectivity index (χ2n) is 9.02. The molecule has 0 radical (unpaired) electrons. The molecule has 4 aromatic rings. The lowest BCUT2D eigenvalue weighted by Crippen LogP contribution is -2.24. The van der Waals surface area contributed by atoms with Crippen molar-refractivity contribution < 1.29 is 17.9 Å². The Kier molecular flexibility index (Phi) is 5.69. The Balaban J connectivity index is 1.21. The van der Waals surface area contributed by atoms with Crippen LogP contribution in [0, 0.1) is 0 Å². The van der Waals surface area contributed by atoms with Crippen molar-refractivity contribution in [1.82, 2.24) is 25.3 Å². The van der Waals surface area contributed by atoms with E-state index in [0.717, 1.165) is 11.4 Å². The Labute approximate surface area is 207 Å². The first-order chi connectivity index (χ1) is 17.5. The van der Waals surface area contributed by atoms with E-state index in [4.69, 9.17) is 14.7 Å². The van der Waals surface area contributed by atoms with Crippen LogP contribution in [-0.4, -0.2) is 46.6 Å². The van der Waals surface area contributed by atoms with Crippen molar-refractivity contribution in [2.75, 3.05) is 12.4 Å². The van der Waals surface area contributed by atoms with E-state index in [-0.39, 0.29) is 41.9 Å². The number of nitrogens with one attached hydrogen (secondary N) is 1. The van der Waals surface area contributed by atoms with Crippen LogP contribution >= 0.6 is 0 Å². The van der Waals surface area contributed by atoms with E-state index in [1.807, 2.05) is 18.2 Å². The van der Waals surface area contributed by atoms with Crippen molar-refractivity contribution >= 4 is 26.8 Å². The molecule has 0 spiro atoms. The maximum atomic E-state index is 12.8. The molecule has 3 aromatic heterocycles. The smallest absolute Gasteiger partial charge is 0.251 e. The molecule has 1 aliphatic carbocycles. The third-order valence-electron chi connectivity index (χ3n) is 6.36. The summed E-state index contributed by atoms with van der Waals surface area (Å²) in [5, 5.41) is 2.81. The monoisotopic (exact) mass is 501 g/mol. The van der Waals surface area contributed by atoms with Gasteiger partial charge in [0.15, 0.2) is 9.84 Å². The largest absolute Gasteiger partial charge is 0.376 e. The van der Waals surface area contributed by atoms with Gasteiger partial charge in [0, 0.05) is 17.2 Å². The topological polar surface area (TPSA) is 124 Å². The molecule has 4 heterocycles. The lowest BCUT2D eigenvalue weighted by Gasteiger charge is -2.10. The first-order valence-corrected chi connectivity index (χ1v) is 13.4. The zero-order valence-corrected chi connectivity index (χ0v) is 20.2. The molecular weight excluding hydrogens is 478 g/mol. The van der Waals surface area contributed by atoms with Gasteiger partial charge in [-0.3, -0.25) is 19.7 Å². The average molecular weight is 502 g/mol. The van der Waals surface area contributed by atoms with Gasteiger partial charge in [-0.15, -0.1) is 0 Å². The number of sulfone groups is 1. The molecule has 1 saturated carbocycles. The highest BCUT2D eigenvalue weighted by molar-refractivity contribution is 7.91. The minimum absolute atomic E-state index is 0.102. The highest BCUT2D eigenvalue weighted by Gasteiger charge is 2.25. The maximum Gasteiger partial charge on any atom is 0.251 e. The number of ether oxygens (including phenoxy) is 1. The number of pyridine rings is 2. The number of carbonyl (C=O) groups excluding carboxylic acids is 1. The Morgan fingerprint density at radius 2 is 1.89 bits per heavy atom. The van der Waals surface area contributed by atoms with Crippen molar-refractivity contribution in [3.63, 3.8) is 0 Å². The van der Waals surface area contributed by atoms with Crippen molar-refractivity contribution in [2.24, 2.45) is 0 Å². The second-order valence-corrected chi connectivity index (χ2v) is 11.1. The van der Waals surface area contributed by atoms with Gasteiger partial charge >= 0.3 is 0 Å². The van der Waals surface area contributed by atoms with Crippen LogP contribution in [0.2, 0.25) is 0 Å². The number of hydrogen-bond acceptors (Lipinski definition) is 8. The van der Waals surface area contributed by atoms with Gasteiger partial charge in [0.2, 0.25) is 0 Å². The summed E-state index contributed by atoms with van der Waals surface area (Å²) in [5.41, 5.74) is 5.29. The first-order valence-electron chi connectivity index (χ1n) is 11.8. The maximum absolute atomic E-state index is 12.8. The summed E-state index contributed by atoms with van der Waals surface area (Å²) in [5.74, 6) is 0.0574. The van der Waals surface area contributed by atoms with E-state index in [9.17, 15) is 13.2 Å². The molecule has 1 aliphatic heterocycles. The van der Waals surface area contributed by atoms with Gasteiger partial charge in [0.05, 0.1) is 59.7 Å². The summed E-state index contributed by atoms with van der Waals surface area (Å²) in [7, 11) is -3.49. The Hall–Kier alpha value is -3.76. The zero-order valence-electron chi connectivity index (χ0n) is 19.3. The summed E-state index contributed by atoms with van der Waals surface area (Å²) in [4.78, 5) is 31.3. The quantitative estimate of drug-likeness (QED) is 0.442. The van der Waals surface area contributed by atoms with E-state index in [2.05, 4.69) is 15.3 Å². The fourth-order valence-electron chi connectivity index (χ4n) is 4.22. The number of nitrogens with zero attached hydrogens (tertiary/aromatic N) is 4. The Bertz CT molecular complexity index is 1600. The highest BCUT2D eigenvalue weighted by atomic mass is 32.2. The minimum atomic E-state index is -3.49. The van der Waals surface area contributed by atoms with Crippen LogP contribution in [0.5, 0.6) is 0 Å². The van der Waals surface area contributed by atoms with E-state index in [1.54, 1.807) is 30.6 Å². The molecule has 1 N–H and O–H groups in total. The molecule has 0 unspecified atom stereocenters. The van der Waals surface area contributed by atoms with Gasteiger partial charge in [-0.25, -0.2) is 13.4 Å². The molecule has 1 amide bonds. The molecule has 0 saturated heterocycles. The highest BCUT2D eigenvalue weighted by Crippen LogP contribution is 2.39. The number of fused-ring (bicyclic) bond motifs is 2. The van der Waals surface area contributed by atoms with Crippen LogP contribution in [0.1, 0.15) is 46.1 Å². The third kappa shape index (κ3) is 4.57. The van der Waals surface area contributed by atoms with Gasteiger partial charge in [0.1, 0.15) is 11.2 Å². The van der Waals surface area contributed by atoms with E-state index in [1.165, 1.54) is 18.9 Å². The molecule has 1 fully saturated rings. The molecular formula is C26H23N5O4S. The molecule has 0 atom stereocenters. The summed E-state index contributed by atoms with van der Waals surface area (Å²) in [6.45, 7) is 0.503. The van der Waals surface area contributed by atoms with Gasteiger partial charge in [-0.1, -0.05) is 12.1 Å². The molecule has 1 aromatic carbocycles. The van der Waals surface area contributed by atoms with Gasteiger partial charge in [-0.05, 0) is 48.7 Å². The Morgan fingerprint density at radius 3 is 2.75 bits per heavy atom. The van der Waals surface area contributed by atoms with Crippen LogP contribution in [-0.2, 0) is 27.7 Å². The predicted octanol–water partition coefficient (Wildman–Crippen LogP) is 3.20. The third-order valence-corrected chi connectivity index (χ3v) is 8.12. The number of amides is 1. The number of aromatic nitrogens is 4. The van der Waals surface area contributed by atoms with Crippen LogP contribution in [0.3, 0.4) is 0 Å². The van der Waals surface area contributed by atoms with Crippen LogP contribution in [0.4, 0.5) is 0 Å². The van der Waals surface area contributed by atoms with Crippen molar-refractivity contribution in [2.45, 2.75) is 36.8 Å². The second kappa shape index (κ2) is 9.03. The summed E-state index contributed by atoms with van der Waals surface area (Å²) >= 11 is 0. The number of carbonyl (C=O) groups is 1. The van der Waals surface area contributed by atoms with Crippen LogP contribution in [0.15, 0.2) is 59.8 Å². The van der Waals surface area contributed by atoms with Gasteiger partial charge in [-0.2, -0.15) is 0 Å². The molecule has 6 rings (SSSR count). The Morgan fingerprint density at radius 1 is 1.00 bits per heavy atom. The zero-order chi connectivity index (χ0) is 24.7. The van der Waals surface area contributed by atoms with E-state index >= 15 is 0 Å². The minimum Gasteiger partial charge on any atom is -0.376 e. The number of hydrogen-bond donors (Lipinski definition) is 1. The van der Waals surface area contributed by atoms with E-state index < -0.39 is 9.84 Å². The van der Waals surface area contributed by atoms with Crippen LogP contribution < -0.4 is 5.32 Å². The van der Waals surface area contributed by atoms with Gasteiger partial charge in [0.25, 0.3) is 5.91 Å². The van der Waals surface area contributed by atoms with Crippen molar-refractivity contribution in [3.8, 4) is 11.4 Å². The summed E-state index contributed by atoms with van der Waals surface area (Å²) in [6, 6.07) is 12.4. The molecule has 182 valence electrons. The predicted molar refractivity (Wildman–Crippen MR) is 132 cm³/mol. The normalized spacial score (nSPS) is 16.8. The molecule has 9 nitrogen and oxygen atoms in total. The number of rotatable bonds is 5. The molecule has 10 heteroatoms. The summed E-state index contributed by atoms with van der Waals surface area (Å²) < 4.78 is 30.4.